The maximum Gasteiger partial charge on any atom is 0.241 e. The highest BCUT2D eigenvalue weighted by Crippen LogP contribution is 2.21. The van der Waals surface area contributed by atoms with E-state index in [0.717, 1.165) is 12.8 Å². The van der Waals surface area contributed by atoms with Gasteiger partial charge in [-0.05, 0) is 45.0 Å². The average Bonchev–Trinajstić information content (AvgIpc) is 2.09. The number of hydrogen-bond acceptors (Lipinski definition) is 1. The smallest absolute Gasteiger partial charge is 0.241 e. The van der Waals surface area contributed by atoms with E-state index in [2.05, 4.69) is 40.4 Å². The Balaban J connectivity index is 4.41. The van der Waals surface area contributed by atoms with Crippen molar-refractivity contribution >= 4 is 8.32 Å². The zero-order valence-electron chi connectivity index (χ0n) is 10.7. The first kappa shape index (κ1) is 13.8. The lowest BCUT2D eigenvalue weighted by Gasteiger charge is -2.23. The van der Waals surface area contributed by atoms with Crippen molar-refractivity contribution in [1.29, 1.82) is 0 Å². The molecule has 1 nitrogen and oxygen atoms in total. The van der Waals surface area contributed by atoms with Gasteiger partial charge >= 0.3 is 0 Å². The van der Waals surface area contributed by atoms with Gasteiger partial charge in [0.2, 0.25) is 8.32 Å². The minimum atomic E-state index is -1.41. The van der Waals surface area contributed by atoms with Crippen molar-refractivity contribution in [1.82, 2.24) is 0 Å². The molecule has 0 aromatic heterocycles. The summed E-state index contributed by atoms with van der Waals surface area (Å²) in [6.07, 6.45) is 4.73. The number of rotatable bonds is 6. The summed E-state index contributed by atoms with van der Waals surface area (Å²) in [6.45, 7) is 13.4. The molecule has 0 saturated heterocycles. The molecule has 14 heavy (non-hydrogen) atoms. The lowest BCUT2D eigenvalue weighted by molar-refractivity contribution is 0.385. The van der Waals surface area contributed by atoms with Gasteiger partial charge in [0.25, 0.3) is 0 Å². The summed E-state index contributed by atoms with van der Waals surface area (Å²) in [5.41, 5.74) is 1.43. The van der Waals surface area contributed by atoms with Gasteiger partial charge in [0.05, 0.1) is 5.76 Å². The van der Waals surface area contributed by atoms with Crippen molar-refractivity contribution in [3.8, 4) is 0 Å². The fourth-order valence-electron chi connectivity index (χ4n) is 1.26. The van der Waals surface area contributed by atoms with E-state index in [-0.39, 0.29) is 0 Å². The van der Waals surface area contributed by atoms with E-state index in [1.54, 1.807) is 0 Å². The van der Waals surface area contributed by atoms with Crippen LogP contribution in [0.4, 0.5) is 0 Å². The summed E-state index contributed by atoms with van der Waals surface area (Å²) in [6, 6.07) is 0. The third kappa shape index (κ3) is 6.25. The standard InChI is InChI=1S/C12H26OSi/c1-7-9-10-12(11(3)8-2)13-14(4,5)6/h7-10H2,1-6H3. The second-order valence-electron chi connectivity index (χ2n) is 4.88. The Bertz CT molecular complexity index is 189. The Morgan fingerprint density at radius 1 is 1.14 bits per heavy atom. The molecule has 0 N–H and O–H groups in total. The molecular formula is C12H26OSi. The molecule has 84 valence electrons. The van der Waals surface area contributed by atoms with Crippen LogP contribution in [-0.4, -0.2) is 8.32 Å². The fraction of sp³-hybridized carbons (Fsp3) is 0.833. The fourth-order valence-corrected chi connectivity index (χ4v) is 2.27. The predicted molar refractivity (Wildman–Crippen MR) is 66.9 cm³/mol. The summed E-state index contributed by atoms with van der Waals surface area (Å²) in [5, 5.41) is 0. The van der Waals surface area contributed by atoms with Gasteiger partial charge in [0.15, 0.2) is 0 Å². The molecule has 0 aliphatic heterocycles. The van der Waals surface area contributed by atoms with Gasteiger partial charge in [0.1, 0.15) is 0 Å². The molecule has 0 rings (SSSR count). The van der Waals surface area contributed by atoms with Crippen LogP contribution in [0.1, 0.15) is 46.5 Å². The maximum absolute atomic E-state index is 6.11. The van der Waals surface area contributed by atoms with E-state index in [1.165, 1.54) is 24.2 Å². The van der Waals surface area contributed by atoms with Gasteiger partial charge in [-0.2, -0.15) is 0 Å². The molecule has 0 radical (unpaired) electrons. The maximum atomic E-state index is 6.11. The van der Waals surface area contributed by atoms with Crippen LogP contribution in [0.25, 0.3) is 0 Å². The van der Waals surface area contributed by atoms with Gasteiger partial charge in [-0.15, -0.1) is 0 Å². The molecular weight excluding hydrogens is 188 g/mol. The number of hydrogen-bond donors (Lipinski definition) is 0. The first-order valence-corrected chi connectivity index (χ1v) is 9.19. The molecule has 2 heteroatoms. The molecule has 0 aromatic carbocycles. The Morgan fingerprint density at radius 2 is 1.71 bits per heavy atom. The zero-order chi connectivity index (χ0) is 11.2. The molecule has 0 heterocycles. The second-order valence-corrected chi connectivity index (χ2v) is 9.30. The van der Waals surface area contributed by atoms with E-state index >= 15 is 0 Å². The van der Waals surface area contributed by atoms with Gasteiger partial charge in [-0.1, -0.05) is 20.3 Å². The molecule has 0 aliphatic rings. The Morgan fingerprint density at radius 3 is 2.07 bits per heavy atom. The van der Waals surface area contributed by atoms with Crippen LogP contribution in [0, 0.1) is 0 Å². The van der Waals surface area contributed by atoms with Crippen molar-refractivity contribution in [3.63, 3.8) is 0 Å². The van der Waals surface area contributed by atoms with Gasteiger partial charge in [-0.25, -0.2) is 0 Å². The molecule has 0 aromatic rings. The van der Waals surface area contributed by atoms with Crippen LogP contribution >= 0.6 is 0 Å². The van der Waals surface area contributed by atoms with Crippen molar-refractivity contribution < 1.29 is 4.43 Å². The quantitative estimate of drug-likeness (QED) is 0.459. The van der Waals surface area contributed by atoms with Gasteiger partial charge < -0.3 is 4.43 Å². The molecule has 0 spiro atoms. The summed E-state index contributed by atoms with van der Waals surface area (Å²) in [7, 11) is -1.41. The predicted octanol–water partition coefficient (Wildman–Crippen LogP) is 4.71. The van der Waals surface area contributed by atoms with Crippen LogP contribution < -0.4 is 0 Å². The van der Waals surface area contributed by atoms with Crippen molar-refractivity contribution in [2.45, 2.75) is 66.1 Å². The highest BCUT2D eigenvalue weighted by Gasteiger charge is 2.18. The monoisotopic (exact) mass is 214 g/mol. The minimum absolute atomic E-state index is 1.11. The SMILES string of the molecule is CCCCC(O[Si](C)(C)C)=C(C)CC. The van der Waals surface area contributed by atoms with Crippen LogP contribution in [0.15, 0.2) is 11.3 Å². The Kier molecular flexibility index (Phi) is 6.17. The highest BCUT2D eigenvalue weighted by atomic mass is 28.4. The largest absolute Gasteiger partial charge is 0.547 e. The van der Waals surface area contributed by atoms with Crippen molar-refractivity contribution in [2.75, 3.05) is 0 Å². The third-order valence-corrected chi connectivity index (χ3v) is 3.05. The average molecular weight is 214 g/mol. The van der Waals surface area contributed by atoms with Gasteiger partial charge in [0, 0.05) is 6.42 Å². The Labute approximate surface area is 90.7 Å². The van der Waals surface area contributed by atoms with Crippen LogP contribution in [0.3, 0.4) is 0 Å². The number of unbranched alkanes of at least 4 members (excludes halogenated alkanes) is 1. The van der Waals surface area contributed by atoms with E-state index in [9.17, 15) is 0 Å². The molecule has 0 unspecified atom stereocenters. The van der Waals surface area contributed by atoms with Crippen LogP contribution in [-0.2, 0) is 4.43 Å². The van der Waals surface area contributed by atoms with E-state index in [4.69, 9.17) is 4.43 Å². The zero-order valence-corrected chi connectivity index (χ0v) is 11.7. The lowest BCUT2D eigenvalue weighted by atomic mass is 10.1. The third-order valence-electron chi connectivity index (χ3n) is 2.19. The second kappa shape index (κ2) is 6.28. The summed E-state index contributed by atoms with van der Waals surface area (Å²) in [5.74, 6) is 1.27. The van der Waals surface area contributed by atoms with Crippen molar-refractivity contribution in [2.24, 2.45) is 0 Å². The van der Waals surface area contributed by atoms with E-state index in [0.29, 0.717) is 0 Å². The molecule has 0 saturated carbocycles. The topological polar surface area (TPSA) is 9.23 Å². The molecule has 0 bridgehead atoms. The lowest BCUT2D eigenvalue weighted by Crippen LogP contribution is -2.25. The van der Waals surface area contributed by atoms with Gasteiger partial charge in [-0.3, -0.25) is 0 Å². The summed E-state index contributed by atoms with van der Waals surface area (Å²) in [4.78, 5) is 0. The molecule has 0 atom stereocenters. The normalized spacial score (nSPS) is 13.9. The molecule has 0 aliphatic carbocycles. The summed E-state index contributed by atoms with van der Waals surface area (Å²) < 4.78 is 6.11. The Hall–Kier alpha value is -0.243. The highest BCUT2D eigenvalue weighted by molar-refractivity contribution is 6.70. The number of allylic oxidation sites excluding steroid dienone is 2. The first-order chi connectivity index (χ1) is 6.40. The van der Waals surface area contributed by atoms with Crippen LogP contribution in [0.5, 0.6) is 0 Å². The molecule has 0 fully saturated rings. The molecule has 0 amide bonds. The minimum Gasteiger partial charge on any atom is -0.547 e. The van der Waals surface area contributed by atoms with Crippen molar-refractivity contribution in [3.05, 3.63) is 11.3 Å². The van der Waals surface area contributed by atoms with E-state index < -0.39 is 8.32 Å². The summed E-state index contributed by atoms with van der Waals surface area (Å²) >= 11 is 0. The first-order valence-electron chi connectivity index (χ1n) is 5.78. The van der Waals surface area contributed by atoms with Crippen LogP contribution in [0.2, 0.25) is 19.6 Å². The van der Waals surface area contributed by atoms with E-state index in [1.807, 2.05) is 0 Å².